The number of hydrazine groups is 1. The molecular formula is C50H69N9O6S. The number of methoxy groups -OCH3 is 1. The largest absolute Gasteiger partial charge is 0.464 e. The molecule has 4 aliphatic heterocycles. The molecule has 3 fully saturated rings. The highest BCUT2D eigenvalue weighted by Gasteiger charge is 2.44. The van der Waals surface area contributed by atoms with Crippen LogP contribution in [0.5, 0.6) is 0 Å². The molecule has 66 heavy (non-hydrogen) atoms. The third-order valence-electron chi connectivity index (χ3n) is 14.5. The number of ether oxygens (including phenoxy) is 2. The number of amides is 4. The lowest BCUT2D eigenvalue weighted by atomic mass is 9.78. The van der Waals surface area contributed by atoms with Crippen LogP contribution in [0.25, 0.3) is 33.4 Å². The molecule has 0 aliphatic carbocycles. The minimum atomic E-state index is -1.03. The van der Waals surface area contributed by atoms with Crippen LogP contribution in [-0.4, -0.2) is 137 Å². The van der Waals surface area contributed by atoms with E-state index in [0.29, 0.717) is 50.4 Å². The van der Waals surface area contributed by atoms with Gasteiger partial charge in [0.15, 0.2) is 0 Å². The molecule has 16 heteroatoms. The Kier molecular flexibility index (Phi) is 14.0. The van der Waals surface area contributed by atoms with Crippen molar-refractivity contribution in [3.05, 3.63) is 58.2 Å². The topological polar surface area (TPSA) is 154 Å². The molecule has 4 aliphatic rings. The zero-order valence-corrected chi connectivity index (χ0v) is 41.1. The molecule has 1 spiro atoms. The maximum Gasteiger partial charge on any atom is 0.324 e. The molecule has 0 unspecified atom stereocenters. The van der Waals surface area contributed by atoms with Crippen LogP contribution in [0, 0.1) is 16.7 Å². The van der Waals surface area contributed by atoms with Gasteiger partial charge in [-0.05, 0) is 114 Å². The second kappa shape index (κ2) is 19.4. The number of esters is 1. The van der Waals surface area contributed by atoms with Gasteiger partial charge in [0, 0.05) is 85.8 Å². The molecule has 3 aromatic heterocycles. The normalized spacial score (nSPS) is 22.3. The average molecular weight is 924 g/mol. The van der Waals surface area contributed by atoms with E-state index in [0.717, 1.165) is 77.0 Å². The summed E-state index contributed by atoms with van der Waals surface area (Å²) in [6.45, 7) is 16.8. The number of piperidine rings is 1. The minimum absolute atomic E-state index is 0.117. The van der Waals surface area contributed by atoms with E-state index in [1.807, 2.05) is 37.1 Å². The van der Waals surface area contributed by atoms with Crippen molar-refractivity contribution in [3.63, 3.8) is 0 Å². The van der Waals surface area contributed by atoms with E-state index in [1.165, 1.54) is 16.3 Å². The first-order valence-corrected chi connectivity index (χ1v) is 24.7. The number of cyclic esters (lactones) is 1. The molecule has 0 saturated carbocycles. The number of aryl methyl sites for hydroxylation is 1. The van der Waals surface area contributed by atoms with Gasteiger partial charge in [-0.2, -0.15) is 0 Å². The molecule has 4 atom stereocenters. The van der Waals surface area contributed by atoms with E-state index >= 15 is 0 Å². The summed E-state index contributed by atoms with van der Waals surface area (Å²) in [5.41, 5.74) is 9.57. The van der Waals surface area contributed by atoms with Crippen LogP contribution in [0.15, 0.2) is 41.9 Å². The second-order valence-corrected chi connectivity index (χ2v) is 21.3. The van der Waals surface area contributed by atoms with Crippen molar-refractivity contribution in [1.29, 1.82) is 0 Å². The lowest BCUT2D eigenvalue weighted by Gasteiger charge is -2.39. The summed E-state index contributed by atoms with van der Waals surface area (Å²) in [4.78, 5) is 73.1. The number of nitrogens with one attached hydrogen (secondary N) is 2. The smallest absolute Gasteiger partial charge is 0.324 e. The number of aromatic nitrogens is 3. The van der Waals surface area contributed by atoms with Gasteiger partial charge in [0.1, 0.15) is 18.1 Å². The first kappa shape index (κ1) is 47.6. The Bertz CT molecular complexity index is 2440. The SMILES string of the molecule is CCn1c(-c2cccnc2[C@H](C)OC)c2c3cc(ccc31)-c1csc(n1)C[C@H](NC(=O)[C@H](C(C)C)N(C)C(=O)N1CCC3(CCN(C)CC3)C1)C(=O)N1CCC[C@H](N1)C(=O)OCC(C)(C)C2. The van der Waals surface area contributed by atoms with Crippen molar-refractivity contribution in [2.24, 2.45) is 16.7 Å². The van der Waals surface area contributed by atoms with Crippen molar-refractivity contribution in [3.8, 4) is 22.5 Å². The number of likely N-dealkylation sites (N-methyl/N-ethyl adjacent to an activating group) is 1. The number of nitrogens with zero attached hydrogens (tertiary/aromatic N) is 7. The number of benzene rings is 1. The fraction of sp³-hybridized carbons (Fsp3) is 0.600. The van der Waals surface area contributed by atoms with E-state index in [2.05, 4.69) is 72.3 Å². The Morgan fingerprint density at radius 2 is 1.85 bits per heavy atom. The highest BCUT2D eigenvalue weighted by atomic mass is 32.1. The van der Waals surface area contributed by atoms with Crippen LogP contribution in [0.4, 0.5) is 4.79 Å². The van der Waals surface area contributed by atoms with E-state index in [-0.39, 0.29) is 42.4 Å². The number of fused-ring (bicyclic) bond motifs is 6. The van der Waals surface area contributed by atoms with Crippen LogP contribution in [0.1, 0.15) is 96.0 Å². The molecule has 2 N–H and O–H groups in total. The fourth-order valence-electron chi connectivity index (χ4n) is 10.7. The summed E-state index contributed by atoms with van der Waals surface area (Å²) in [7, 11) is 5.54. The molecule has 0 radical (unpaired) electrons. The van der Waals surface area contributed by atoms with Crippen molar-refractivity contribution >= 4 is 46.1 Å². The number of thiazole rings is 1. The molecule has 356 valence electrons. The first-order chi connectivity index (χ1) is 31.5. The van der Waals surface area contributed by atoms with Gasteiger partial charge in [-0.15, -0.1) is 11.3 Å². The Morgan fingerprint density at radius 3 is 2.58 bits per heavy atom. The Balaban J connectivity index is 1.14. The van der Waals surface area contributed by atoms with Gasteiger partial charge >= 0.3 is 12.0 Å². The molecule has 4 amide bonds. The van der Waals surface area contributed by atoms with Gasteiger partial charge in [-0.25, -0.2) is 15.2 Å². The number of likely N-dealkylation sites (tertiary alicyclic amines) is 2. The van der Waals surface area contributed by atoms with Gasteiger partial charge in [0.2, 0.25) is 5.91 Å². The van der Waals surface area contributed by atoms with Crippen molar-refractivity contribution in [2.45, 2.75) is 117 Å². The lowest BCUT2D eigenvalue weighted by molar-refractivity contribution is -0.155. The Labute approximate surface area is 393 Å². The zero-order chi connectivity index (χ0) is 47.1. The average Bonchev–Trinajstić information content (AvgIpc) is 4.04. The summed E-state index contributed by atoms with van der Waals surface area (Å²) < 4.78 is 14.3. The number of pyridine rings is 1. The zero-order valence-electron chi connectivity index (χ0n) is 40.3. The molecular weight excluding hydrogens is 855 g/mol. The van der Waals surface area contributed by atoms with Gasteiger partial charge in [0.25, 0.3) is 5.91 Å². The molecule has 8 rings (SSSR count). The van der Waals surface area contributed by atoms with Gasteiger partial charge < -0.3 is 34.1 Å². The number of carbonyl (C=O) groups is 4. The second-order valence-electron chi connectivity index (χ2n) is 20.3. The maximum absolute atomic E-state index is 14.7. The molecule has 7 heterocycles. The monoisotopic (exact) mass is 924 g/mol. The van der Waals surface area contributed by atoms with Crippen LogP contribution in [0.2, 0.25) is 0 Å². The Hall–Kier alpha value is -4.90. The summed E-state index contributed by atoms with van der Waals surface area (Å²) in [5.74, 6) is -1.46. The van der Waals surface area contributed by atoms with Crippen molar-refractivity contribution < 1.29 is 28.7 Å². The van der Waals surface area contributed by atoms with E-state index in [4.69, 9.17) is 19.4 Å². The third-order valence-corrected chi connectivity index (χ3v) is 15.4. The summed E-state index contributed by atoms with van der Waals surface area (Å²) in [5, 5.41) is 8.30. The Morgan fingerprint density at radius 1 is 1.09 bits per heavy atom. The summed E-state index contributed by atoms with van der Waals surface area (Å²) in [6, 6.07) is 7.70. The minimum Gasteiger partial charge on any atom is -0.464 e. The predicted molar refractivity (Wildman–Crippen MR) is 256 cm³/mol. The molecule has 6 bridgehead atoms. The molecule has 4 aromatic rings. The molecule has 3 saturated heterocycles. The predicted octanol–water partition coefficient (Wildman–Crippen LogP) is 6.70. The van der Waals surface area contributed by atoms with Gasteiger partial charge in [0.05, 0.1) is 34.8 Å². The van der Waals surface area contributed by atoms with Crippen LogP contribution >= 0.6 is 11.3 Å². The number of carbonyl (C=O) groups excluding carboxylic acids is 4. The van der Waals surface area contributed by atoms with E-state index in [1.54, 1.807) is 25.3 Å². The lowest BCUT2D eigenvalue weighted by Crippen LogP contribution is -2.62. The van der Waals surface area contributed by atoms with Crippen molar-refractivity contribution in [1.82, 2.24) is 45.0 Å². The summed E-state index contributed by atoms with van der Waals surface area (Å²) in [6.07, 6.45) is 6.40. The third kappa shape index (κ3) is 9.61. The number of rotatable bonds is 8. The highest BCUT2D eigenvalue weighted by Crippen LogP contribution is 2.43. The van der Waals surface area contributed by atoms with Crippen LogP contribution in [-0.2, 0) is 43.2 Å². The van der Waals surface area contributed by atoms with E-state index < -0.39 is 35.4 Å². The van der Waals surface area contributed by atoms with Crippen molar-refractivity contribution in [2.75, 3.05) is 60.5 Å². The molecule has 15 nitrogen and oxygen atoms in total. The van der Waals surface area contributed by atoms with Gasteiger partial charge in [-0.1, -0.05) is 33.8 Å². The summed E-state index contributed by atoms with van der Waals surface area (Å²) >= 11 is 1.44. The highest BCUT2D eigenvalue weighted by molar-refractivity contribution is 7.10. The first-order valence-electron chi connectivity index (χ1n) is 23.8. The fourth-order valence-corrected chi connectivity index (χ4v) is 11.5. The van der Waals surface area contributed by atoms with E-state index in [9.17, 15) is 19.2 Å². The standard InChI is InChI=1S/C50H69N9O6S/c1-10-58-40-16-15-33-25-35(40)36(44(58)34-13-11-20-51-42(34)32(4)64-9)27-49(5,6)30-65-47(62)37-14-12-21-59(54-37)46(61)38(26-41-52-39(33)28-66-41)53-45(60)43(31(2)3)56(8)48(63)57-24-19-50(29-57)17-22-55(7)23-18-50/h11,13,15-16,20,25,28,31-32,37-38,43,54H,10,12,14,17-19,21-24,26-27,29-30H2,1-9H3,(H,53,60)/t32-,37-,38-,43-/m0/s1. The number of hydrogen-bond donors (Lipinski definition) is 2. The quantitative estimate of drug-likeness (QED) is 0.183. The number of urea groups is 1. The number of hydrogen-bond acceptors (Lipinski definition) is 11. The van der Waals surface area contributed by atoms with Crippen LogP contribution < -0.4 is 10.7 Å². The maximum atomic E-state index is 14.7. The molecule has 1 aromatic carbocycles. The van der Waals surface area contributed by atoms with Gasteiger partial charge in [-0.3, -0.25) is 24.4 Å². The van der Waals surface area contributed by atoms with Crippen LogP contribution in [0.3, 0.4) is 0 Å².